The number of hydrogen-bond acceptors (Lipinski definition) is 7. The number of aliphatic hydroxyl groups excluding tert-OH is 1. The summed E-state index contributed by atoms with van der Waals surface area (Å²) in [5.74, 6) is -4.29. The van der Waals surface area contributed by atoms with Gasteiger partial charge in [0.05, 0.1) is 24.0 Å². The molecule has 164 valence electrons. The first-order valence-corrected chi connectivity index (χ1v) is 9.37. The lowest BCUT2D eigenvalue weighted by molar-refractivity contribution is -0.168. The molecule has 9 nitrogen and oxygen atoms in total. The summed E-state index contributed by atoms with van der Waals surface area (Å²) >= 11 is 0. The highest BCUT2D eigenvalue weighted by Crippen LogP contribution is 2.44. The number of ether oxygens (including phenoxy) is 2. The van der Waals surface area contributed by atoms with Crippen molar-refractivity contribution in [2.45, 2.75) is 51.6 Å². The normalized spacial score (nSPS) is 21.5. The molecule has 0 radical (unpaired) electrons. The molecule has 0 aliphatic heterocycles. The van der Waals surface area contributed by atoms with Crippen LogP contribution in [-0.4, -0.2) is 58.5 Å². The summed E-state index contributed by atoms with van der Waals surface area (Å²) in [6.45, 7) is 8.20. The molecule has 3 unspecified atom stereocenters. The van der Waals surface area contributed by atoms with Gasteiger partial charge in [-0.3, -0.25) is 9.59 Å². The van der Waals surface area contributed by atoms with Crippen molar-refractivity contribution in [3.05, 3.63) is 25.3 Å². The van der Waals surface area contributed by atoms with Crippen molar-refractivity contribution in [1.29, 1.82) is 0 Å². The highest BCUT2D eigenvalue weighted by Gasteiger charge is 2.50. The van der Waals surface area contributed by atoms with Crippen LogP contribution in [0.4, 0.5) is 0 Å². The van der Waals surface area contributed by atoms with E-state index in [-0.39, 0.29) is 19.6 Å². The van der Waals surface area contributed by atoms with Gasteiger partial charge >= 0.3 is 23.9 Å². The van der Waals surface area contributed by atoms with Crippen molar-refractivity contribution in [2.75, 3.05) is 13.2 Å². The molecule has 1 fully saturated rings. The summed E-state index contributed by atoms with van der Waals surface area (Å²) in [6.07, 6.45) is 4.13. The van der Waals surface area contributed by atoms with Gasteiger partial charge in [0.1, 0.15) is 6.61 Å². The quantitative estimate of drug-likeness (QED) is 0.360. The van der Waals surface area contributed by atoms with E-state index in [4.69, 9.17) is 9.84 Å². The minimum atomic E-state index is -1.34. The summed E-state index contributed by atoms with van der Waals surface area (Å²) in [7, 11) is 0. The summed E-state index contributed by atoms with van der Waals surface area (Å²) in [4.78, 5) is 44.1. The van der Waals surface area contributed by atoms with Gasteiger partial charge in [0.2, 0.25) is 0 Å². The maximum atomic E-state index is 11.5. The number of hydrogen-bond donors (Lipinski definition) is 3. The topological polar surface area (TPSA) is 147 Å². The number of carboxylic acid groups (broad SMARTS) is 2. The van der Waals surface area contributed by atoms with E-state index in [1.54, 1.807) is 0 Å². The molecule has 0 amide bonds. The lowest BCUT2D eigenvalue weighted by Crippen LogP contribution is -2.45. The van der Waals surface area contributed by atoms with Crippen LogP contribution in [-0.2, 0) is 28.7 Å². The van der Waals surface area contributed by atoms with Gasteiger partial charge < -0.3 is 24.8 Å². The predicted octanol–water partition coefficient (Wildman–Crippen LogP) is 1.94. The number of carboxylic acids is 2. The number of esters is 2. The molecular formula is C20H30O9. The Morgan fingerprint density at radius 1 is 1.10 bits per heavy atom. The highest BCUT2D eigenvalue weighted by atomic mass is 16.5. The second-order valence-electron chi connectivity index (χ2n) is 6.62. The van der Waals surface area contributed by atoms with E-state index >= 15 is 0 Å². The molecule has 0 bridgehead atoms. The number of aliphatic hydroxyl groups is 1. The largest absolute Gasteiger partial charge is 0.481 e. The van der Waals surface area contributed by atoms with Crippen molar-refractivity contribution < 1.29 is 44.0 Å². The van der Waals surface area contributed by atoms with Gasteiger partial charge in [-0.05, 0) is 25.7 Å². The van der Waals surface area contributed by atoms with Crippen LogP contribution in [0.5, 0.6) is 0 Å². The maximum Gasteiger partial charge on any atom is 0.330 e. The van der Waals surface area contributed by atoms with Crippen molar-refractivity contribution in [2.24, 2.45) is 11.3 Å². The highest BCUT2D eigenvalue weighted by molar-refractivity contribution is 5.84. The van der Waals surface area contributed by atoms with Crippen molar-refractivity contribution in [3.8, 4) is 0 Å². The molecule has 0 spiro atoms. The molecule has 1 saturated carbocycles. The molecular weight excluding hydrogens is 384 g/mol. The Kier molecular flexibility index (Phi) is 12.2. The molecule has 0 aromatic rings. The van der Waals surface area contributed by atoms with E-state index in [1.165, 1.54) is 0 Å². The zero-order chi connectivity index (χ0) is 22.4. The molecule has 3 N–H and O–H groups in total. The fourth-order valence-corrected chi connectivity index (χ4v) is 3.01. The Hall–Kier alpha value is -2.68. The summed E-state index contributed by atoms with van der Waals surface area (Å²) in [5, 5.41) is 27.5. The molecule has 3 atom stereocenters. The van der Waals surface area contributed by atoms with E-state index < -0.39 is 41.3 Å². The zero-order valence-electron chi connectivity index (χ0n) is 16.7. The summed E-state index contributed by atoms with van der Waals surface area (Å²) in [6, 6.07) is 0. The maximum absolute atomic E-state index is 11.5. The fourth-order valence-electron chi connectivity index (χ4n) is 3.01. The lowest BCUT2D eigenvalue weighted by atomic mass is 9.64. The molecule has 9 heteroatoms. The minimum absolute atomic E-state index is 0.0128. The van der Waals surface area contributed by atoms with Crippen molar-refractivity contribution in [1.82, 2.24) is 0 Å². The summed E-state index contributed by atoms with van der Waals surface area (Å²) in [5.41, 5.74) is -1.34. The van der Waals surface area contributed by atoms with E-state index in [2.05, 4.69) is 17.9 Å². The molecule has 1 aliphatic carbocycles. The molecule has 29 heavy (non-hydrogen) atoms. The first-order chi connectivity index (χ1) is 13.6. The van der Waals surface area contributed by atoms with Crippen LogP contribution in [0.25, 0.3) is 0 Å². The second-order valence-corrected chi connectivity index (χ2v) is 6.62. The molecule has 0 aromatic heterocycles. The van der Waals surface area contributed by atoms with E-state index in [0.717, 1.165) is 12.2 Å². The second kappa shape index (κ2) is 13.5. The number of carbonyl (C=O) groups excluding carboxylic acids is 2. The summed E-state index contributed by atoms with van der Waals surface area (Å²) < 4.78 is 9.32. The van der Waals surface area contributed by atoms with Gasteiger partial charge in [-0.1, -0.05) is 32.9 Å². The monoisotopic (exact) mass is 414 g/mol. The van der Waals surface area contributed by atoms with Gasteiger partial charge in [-0.2, -0.15) is 0 Å². The van der Waals surface area contributed by atoms with Crippen LogP contribution >= 0.6 is 0 Å². The third-order valence-electron chi connectivity index (χ3n) is 4.77. The Labute approximate surface area is 170 Å². The van der Waals surface area contributed by atoms with Gasteiger partial charge in [-0.25, -0.2) is 9.59 Å². The van der Waals surface area contributed by atoms with Crippen molar-refractivity contribution in [3.63, 3.8) is 0 Å². The molecule has 0 saturated heterocycles. The number of carbonyl (C=O) groups is 4. The van der Waals surface area contributed by atoms with Gasteiger partial charge in [0, 0.05) is 12.2 Å². The lowest BCUT2D eigenvalue weighted by Gasteiger charge is -2.38. The Balaban J connectivity index is 0.000000665. The Bertz CT molecular complexity index is 599. The average Bonchev–Trinajstić information content (AvgIpc) is 2.71. The van der Waals surface area contributed by atoms with Crippen LogP contribution in [0.1, 0.15) is 45.4 Å². The first-order valence-electron chi connectivity index (χ1n) is 9.37. The molecule has 0 heterocycles. The van der Waals surface area contributed by atoms with Crippen LogP contribution in [0.2, 0.25) is 0 Å². The Morgan fingerprint density at radius 3 is 2.17 bits per heavy atom. The number of aliphatic carboxylic acids is 2. The van der Waals surface area contributed by atoms with E-state index in [1.807, 2.05) is 6.92 Å². The number of rotatable bonds is 10. The fraction of sp³-hybridized carbons (Fsp3) is 0.600. The van der Waals surface area contributed by atoms with E-state index in [0.29, 0.717) is 32.1 Å². The van der Waals surface area contributed by atoms with Crippen LogP contribution in [0.3, 0.4) is 0 Å². The van der Waals surface area contributed by atoms with Crippen LogP contribution < -0.4 is 0 Å². The SMILES string of the molecule is C=CC(=O)OCC(O)CC.C=CC(=O)OCCC1(C(=O)O)CCCCC1C(=O)O. The molecule has 0 aromatic carbocycles. The smallest absolute Gasteiger partial charge is 0.330 e. The third kappa shape index (κ3) is 8.91. The molecule has 1 aliphatic rings. The Morgan fingerprint density at radius 2 is 1.69 bits per heavy atom. The molecule has 1 rings (SSSR count). The zero-order valence-corrected chi connectivity index (χ0v) is 16.7. The van der Waals surface area contributed by atoms with Crippen LogP contribution in [0.15, 0.2) is 25.3 Å². The standard InChI is InChI=1S/C13H18O6.C7H12O3/c1-2-10(14)19-8-7-13(12(17)18)6-4-3-5-9(13)11(15)16;1-3-6(8)5-10-7(9)4-2/h2,9H,1,3-8H2,(H,15,16)(H,17,18);4,6,8H,2-3,5H2,1H3. The van der Waals surface area contributed by atoms with E-state index in [9.17, 15) is 29.4 Å². The average molecular weight is 414 g/mol. The van der Waals surface area contributed by atoms with Gasteiger partial charge in [-0.15, -0.1) is 0 Å². The first kappa shape index (κ1) is 26.3. The third-order valence-corrected chi connectivity index (χ3v) is 4.77. The van der Waals surface area contributed by atoms with Gasteiger partial charge in [0.25, 0.3) is 0 Å². The van der Waals surface area contributed by atoms with Crippen LogP contribution in [0, 0.1) is 11.3 Å². The van der Waals surface area contributed by atoms with Crippen molar-refractivity contribution >= 4 is 23.9 Å². The minimum Gasteiger partial charge on any atom is -0.481 e. The predicted molar refractivity (Wildman–Crippen MR) is 103 cm³/mol. The van der Waals surface area contributed by atoms with Gasteiger partial charge in [0.15, 0.2) is 0 Å².